The molecule has 0 aliphatic heterocycles. The molecule has 2 N–H and O–H groups in total. The molecule has 6 nitrogen and oxygen atoms in total. The number of hydrogen-bond donors (Lipinski definition) is 1. The van der Waals surface area contributed by atoms with Gasteiger partial charge in [0.1, 0.15) is 5.39 Å². The number of urea groups is 1. The molecule has 0 aliphatic rings. The predicted octanol–water partition coefficient (Wildman–Crippen LogP) is 8.00. The molecule has 0 bridgehead atoms. The van der Waals surface area contributed by atoms with E-state index in [1.807, 2.05) is 18.2 Å². The molecule has 0 saturated heterocycles. The number of carbonyl (C=O) groups is 2. The van der Waals surface area contributed by atoms with Crippen LogP contribution >= 0.6 is 34.8 Å². The summed E-state index contributed by atoms with van der Waals surface area (Å²) in [6.45, 7) is 5.34. The quantitative estimate of drug-likeness (QED) is 0.208. The molecular formula is C27H25Cl3N3O3+. The second kappa shape index (κ2) is 9.20. The van der Waals surface area contributed by atoms with E-state index < -0.39 is 15.9 Å². The minimum Gasteiger partial charge on any atom is -0.428 e. The van der Waals surface area contributed by atoms with Crippen molar-refractivity contribution in [2.24, 2.45) is 11.1 Å². The third-order valence-electron chi connectivity index (χ3n) is 6.00. The zero-order valence-corrected chi connectivity index (χ0v) is 22.7. The van der Waals surface area contributed by atoms with E-state index in [-0.39, 0.29) is 17.3 Å². The Morgan fingerprint density at radius 2 is 1.53 bits per heavy atom. The van der Waals surface area contributed by atoms with Crippen molar-refractivity contribution in [3.63, 3.8) is 0 Å². The maximum absolute atomic E-state index is 13.4. The molecule has 0 atom stereocenters. The van der Waals surface area contributed by atoms with Crippen molar-refractivity contribution in [1.29, 1.82) is 0 Å². The summed E-state index contributed by atoms with van der Waals surface area (Å²) in [5, 5.41) is 1.95. The van der Waals surface area contributed by atoms with Crippen LogP contribution in [-0.2, 0) is 0 Å². The van der Waals surface area contributed by atoms with Crippen molar-refractivity contribution < 1.29 is 14.0 Å². The highest BCUT2D eigenvalue weighted by atomic mass is 35.5. The van der Waals surface area contributed by atoms with Crippen molar-refractivity contribution in [1.82, 2.24) is 9.47 Å². The number of fused-ring (bicyclic) bond motifs is 1. The van der Waals surface area contributed by atoms with Crippen LogP contribution in [-0.4, -0.2) is 30.9 Å². The molecule has 0 unspecified atom stereocenters. The molecule has 0 spiro atoms. The van der Waals surface area contributed by atoms with Gasteiger partial charge in [0, 0.05) is 26.6 Å². The van der Waals surface area contributed by atoms with Gasteiger partial charge in [-0.3, -0.25) is 4.79 Å². The van der Waals surface area contributed by atoms with E-state index in [0.29, 0.717) is 43.0 Å². The van der Waals surface area contributed by atoms with Crippen molar-refractivity contribution in [3.05, 3.63) is 69.4 Å². The Balaban J connectivity index is 2.15. The highest BCUT2D eigenvalue weighted by Gasteiger charge is 2.41. The number of halogens is 3. The van der Waals surface area contributed by atoms with E-state index in [1.54, 1.807) is 65.2 Å². The number of ketones is 1. The van der Waals surface area contributed by atoms with E-state index >= 15 is 0 Å². The topological polar surface area (TPSA) is 86.2 Å². The molecule has 0 fully saturated rings. The Labute approximate surface area is 224 Å². The first kappa shape index (κ1) is 26.2. The van der Waals surface area contributed by atoms with Crippen LogP contribution in [0, 0.1) is 5.41 Å². The number of nitrogens with two attached hydrogens (primary N) is 1. The monoisotopic (exact) mass is 544 g/mol. The minimum atomic E-state index is -0.776. The summed E-state index contributed by atoms with van der Waals surface area (Å²) in [6.07, 6.45) is 0. The molecule has 0 aliphatic carbocycles. The minimum absolute atomic E-state index is 0.0372. The van der Waals surface area contributed by atoms with Crippen molar-refractivity contribution in [3.8, 4) is 22.4 Å². The number of carbonyl (C=O) groups excluding carboxylic acids is 2. The van der Waals surface area contributed by atoms with Crippen molar-refractivity contribution >= 4 is 63.4 Å². The van der Waals surface area contributed by atoms with E-state index in [4.69, 9.17) is 49.9 Å². The third kappa shape index (κ3) is 4.62. The molecule has 2 aromatic carbocycles. The van der Waals surface area contributed by atoms with Gasteiger partial charge >= 0.3 is 6.03 Å². The maximum atomic E-state index is 13.4. The van der Waals surface area contributed by atoms with Gasteiger partial charge in [-0.2, -0.15) is 0 Å². The Bertz CT molecular complexity index is 1520. The summed E-state index contributed by atoms with van der Waals surface area (Å²) in [5.74, 6) is -0.239. The number of quaternary nitrogens is 1. The van der Waals surface area contributed by atoms with Crippen LogP contribution in [0.1, 0.15) is 31.3 Å². The maximum Gasteiger partial charge on any atom is 0.418 e. The number of primary amides is 1. The summed E-state index contributed by atoms with van der Waals surface area (Å²) in [4.78, 5) is 30.8. The fraction of sp³-hybridized carbons (Fsp3) is 0.222. The van der Waals surface area contributed by atoms with Gasteiger partial charge in [-0.05, 0) is 42.0 Å². The smallest absolute Gasteiger partial charge is 0.418 e. The second-order valence-corrected chi connectivity index (χ2v) is 11.3. The van der Waals surface area contributed by atoms with E-state index in [9.17, 15) is 9.59 Å². The third-order valence-corrected chi connectivity index (χ3v) is 6.80. The first-order valence-corrected chi connectivity index (χ1v) is 12.2. The number of benzene rings is 2. The number of furan rings is 1. The SMILES string of the molecule is CC(C)(C)C(=O)c1oc2nc(-c3ccc(Cl)cc3Cl)c(-c3ccc(Cl)cc3)cc2c1[N+](C)(C)C(N)=O. The number of amides is 2. The molecule has 186 valence electrons. The van der Waals surface area contributed by atoms with Gasteiger partial charge in [-0.1, -0.05) is 67.7 Å². The lowest BCUT2D eigenvalue weighted by Crippen LogP contribution is -2.51. The average Bonchev–Trinajstić information content (AvgIpc) is 3.16. The van der Waals surface area contributed by atoms with E-state index in [1.165, 1.54) is 0 Å². The fourth-order valence-electron chi connectivity index (χ4n) is 3.91. The number of hydrogen-bond acceptors (Lipinski definition) is 4. The van der Waals surface area contributed by atoms with Gasteiger partial charge in [-0.15, -0.1) is 0 Å². The molecule has 4 aromatic rings. The molecule has 2 heterocycles. The van der Waals surface area contributed by atoms with Crippen LogP contribution in [0.3, 0.4) is 0 Å². The molecule has 2 aromatic heterocycles. The lowest BCUT2D eigenvalue weighted by atomic mass is 9.88. The number of pyridine rings is 1. The van der Waals surface area contributed by atoms with Gasteiger partial charge in [0.25, 0.3) is 0 Å². The van der Waals surface area contributed by atoms with Crippen LogP contribution in [0.2, 0.25) is 15.1 Å². The normalized spacial score (nSPS) is 12.2. The highest BCUT2D eigenvalue weighted by Crippen LogP contribution is 2.44. The zero-order valence-electron chi connectivity index (χ0n) is 20.4. The van der Waals surface area contributed by atoms with Crippen LogP contribution in [0.5, 0.6) is 0 Å². The summed E-state index contributed by atoms with van der Waals surface area (Å²) in [6, 6.07) is 13.5. The summed E-state index contributed by atoms with van der Waals surface area (Å²) >= 11 is 18.8. The summed E-state index contributed by atoms with van der Waals surface area (Å²) in [7, 11) is 3.22. The van der Waals surface area contributed by atoms with Crippen LogP contribution in [0.25, 0.3) is 33.5 Å². The van der Waals surface area contributed by atoms with Gasteiger partial charge in [0.15, 0.2) is 0 Å². The van der Waals surface area contributed by atoms with Gasteiger partial charge in [0.2, 0.25) is 22.9 Å². The standard InChI is InChI=1S/C27H24Cl3N3O3/c1-27(2,3)24(34)23-22(33(4,5)26(31)35)19-13-18(14-6-8-15(28)9-7-14)21(32-25(19)36-23)17-11-10-16(29)12-20(17)30/h6-13H,1-5H3,(H-,31,35)/p+1. The number of rotatable bonds is 4. The molecule has 2 amide bonds. The van der Waals surface area contributed by atoms with E-state index in [0.717, 1.165) is 5.56 Å². The number of Topliss-reactive ketones (excluding diaryl/α,β-unsaturated/α-hetero) is 1. The largest absolute Gasteiger partial charge is 0.428 e. The average molecular weight is 546 g/mol. The Morgan fingerprint density at radius 3 is 2.08 bits per heavy atom. The van der Waals surface area contributed by atoms with Gasteiger partial charge in [0.05, 0.1) is 24.8 Å². The molecule has 9 heteroatoms. The molecular weight excluding hydrogens is 521 g/mol. The number of nitrogens with zero attached hydrogens (tertiary/aromatic N) is 2. The molecule has 36 heavy (non-hydrogen) atoms. The Kier molecular flexibility index (Phi) is 6.69. The lowest BCUT2D eigenvalue weighted by molar-refractivity contribution is 0.0829. The van der Waals surface area contributed by atoms with Crippen LogP contribution in [0.4, 0.5) is 10.5 Å². The van der Waals surface area contributed by atoms with Crippen molar-refractivity contribution in [2.45, 2.75) is 20.8 Å². The van der Waals surface area contributed by atoms with Crippen LogP contribution < -0.4 is 10.2 Å². The Morgan fingerprint density at radius 1 is 0.917 bits per heavy atom. The predicted molar refractivity (Wildman–Crippen MR) is 147 cm³/mol. The van der Waals surface area contributed by atoms with Gasteiger partial charge < -0.3 is 10.2 Å². The van der Waals surface area contributed by atoms with Crippen LogP contribution in [0.15, 0.2) is 52.9 Å². The van der Waals surface area contributed by atoms with E-state index in [2.05, 4.69) is 0 Å². The molecule has 4 rings (SSSR count). The van der Waals surface area contributed by atoms with Crippen molar-refractivity contribution in [2.75, 3.05) is 14.1 Å². The van der Waals surface area contributed by atoms with Gasteiger partial charge in [-0.25, -0.2) is 14.3 Å². The fourth-order valence-corrected chi connectivity index (χ4v) is 4.53. The summed E-state index contributed by atoms with van der Waals surface area (Å²) < 4.78 is 5.68. The second-order valence-electron chi connectivity index (χ2n) is 10.0. The number of aromatic nitrogens is 1. The Hall–Kier alpha value is -2.90. The molecule has 0 radical (unpaired) electrons. The molecule has 0 saturated carbocycles. The highest BCUT2D eigenvalue weighted by molar-refractivity contribution is 6.36. The lowest BCUT2D eigenvalue weighted by Gasteiger charge is -2.25. The first-order valence-electron chi connectivity index (χ1n) is 11.1. The first-order chi connectivity index (χ1) is 16.7. The zero-order chi connectivity index (χ0) is 26.6. The summed E-state index contributed by atoms with van der Waals surface area (Å²) in [5.41, 5.74) is 8.16.